The van der Waals surface area contributed by atoms with Crippen molar-refractivity contribution in [2.45, 2.75) is 24.9 Å². The van der Waals surface area contributed by atoms with Gasteiger partial charge in [-0.2, -0.15) is 0 Å². The molecule has 1 fully saturated rings. The van der Waals surface area contributed by atoms with Crippen LogP contribution in [0.3, 0.4) is 0 Å². The zero-order valence-electron chi connectivity index (χ0n) is 8.32. The number of nitrogens with one attached hydrogen (secondary N) is 1. The summed E-state index contributed by atoms with van der Waals surface area (Å²) in [6.45, 7) is 3.73. The van der Waals surface area contributed by atoms with Gasteiger partial charge in [0, 0.05) is 17.7 Å². The van der Waals surface area contributed by atoms with E-state index in [0.29, 0.717) is 18.0 Å². The molecular formula is C11H15NO2. The second-order valence-corrected chi connectivity index (χ2v) is 3.89. The maximum absolute atomic E-state index is 11.3. The lowest BCUT2D eigenvalue weighted by atomic mass is 9.86. The second-order valence-electron chi connectivity index (χ2n) is 3.89. The van der Waals surface area contributed by atoms with E-state index in [0.717, 1.165) is 18.4 Å². The van der Waals surface area contributed by atoms with Gasteiger partial charge in [0.05, 0.1) is 7.11 Å². The first-order valence-corrected chi connectivity index (χ1v) is 4.92. The van der Waals surface area contributed by atoms with Gasteiger partial charge in [-0.05, 0) is 18.8 Å². The average Bonchev–Trinajstić information content (AvgIpc) is 2.96. The van der Waals surface area contributed by atoms with E-state index in [1.165, 1.54) is 7.11 Å². The number of carbonyl (C=O) groups is 1. The monoisotopic (exact) mass is 193 g/mol. The van der Waals surface area contributed by atoms with Crippen molar-refractivity contribution in [3.8, 4) is 0 Å². The Bertz CT molecular complexity index is 296. The standard InChI is InChI=1S/C11H15NO2/c1-3-4-7-5-8(11(13)14-2)6-9-10(7)12-9/h3,6-7,9-10,12H,1,4-5H2,2H3/t7-,9?,10+/m0/s1. The SMILES string of the molecule is C=CC[C@H]1CC(C(=O)OC)=CC2N[C@@H]21. The van der Waals surface area contributed by atoms with Gasteiger partial charge in [0.2, 0.25) is 0 Å². The van der Waals surface area contributed by atoms with Crippen LogP contribution in [0.5, 0.6) is 0 Å². The Morgan fingerprint density at radius 2 is 2.64 bits per heavy atom. The molecule has 0 aromatic carbocycles. The summed E-state index contributed by atoms with van der Waals surface area (Å²) in [5, 5.41) is 3.34. The third kappa shape index (κ3) is 1.60. The van der Waals surface area contributed by atoms with Crippen LogP contribution in [0.25, 0.3) is 0 Å². The van der Waals surface area contributed by atoms with Crippen LogP contribution < -0.4 is 5.32 Å². The van der Waals surface area contributed by atoms with E-state index in [-0.39, 0.29) is 5.97 Å². The molecule has 0 radical (unpaired) electrons. The van der Waals surface area contributed by atoms with Gasteiger partial charge in [0.15, 0.2) is 0 Å². The summed E-state index contributed by atoms with van der Waals surface area (Å²) in [7, 11) is 1.43. The van der Waals surface area contributed by atoms with Gasteiger partial charge in [-0.3, -0.25) is 0 Å². The fourth-order valence-electron chi connectivity index (χ4n) is 2.17. The van der Waals surface area contributed by atoms with E-state index in [9.17, 15) is 4.79 Å². The fourth-order valence-corrected chi connectivity index (χ4v) is 2.17. The minimum atomic E-state index is -0.189. The van der Waals surface area contributed by atoms with Gasteiger partial charge in [-0.1, -0.05) is 12.2 Å². The Labute approximate surface area is 83.8 Å². The highest BCUT2D eigenvalue weighted by Crippen LogP contribution is 2.35. The van der Waals surface area contributed by atoms with Gasteiger partial charge in [-0.25, -0.2) is 4.79 Å². The molecule has 2 aliphatic rings. The van der Waals surface area contributed by atoms with Gasteiger partial charge >= 0.3 is 5.97 Å². The molecule has 0 spiro atoms. The largest absolute Gasteiger partial charge is 0.466 e. The predicted molar refractivity (Wildman–Crippen MR) is 53.7 cm³/mol. The molecule has 3 heteroatoms. The smallest absolute Gasteiger partial charge is 0.333 e. The first-order valence-electron chi connectivity index (χ1n) is 4.92. The second kappa shape index (κ2) is 3.58. The van der Waals surface area contributed by atoms with Crippen molar-refractivity contribution < 1.29 is 9.53 Å². The van der Waals surface area contributed by atoms with Crippen LogP contribution in [0.15, 0.2) is 24.3 Å². The topological polar surface area (TPSA) is 48.2 Å². The van der Waals surface area contributed by atoms with E-state index in [1.54, 1.807) is 0 Å². The highest BCUT2D eigenvalue weighted by Gasteiger charge is 2.44. The number of hydrogen-bond acceptors (Lipinski definition) is 3. The Kier molecular flexibility index (Phi) is 2.42. The van der Waals surface area contributed by atoms with Crippen LogP contribution in [-0.4, -0.2) is 25.2 Å². The zero-order valence-corrected chi connectivity index (χ0v) is 8.32. The molecule has 3 nitrogen and oxygen atoms in total. The summed E-state index contributed by atoms with van der Waals surface area (Å²) in [5.41, 5.74) is 0.811. The number of fused-ring (bicyclic) bond motifs is 1. The summed E-state index contributed by atoms with van der Waals surface area (Å²) >= 11 is 0. The van der Waals surface area contributed by atoms with Crippen molar-refractivity contribution in [3.63, 3.8) is 0 Å². The van der Waals surface area contributed by atoms with Gasteiger partial charge < -0.3 is 10.1 Å². The Balaban J connectivity index is 2.07. The number of hydrogen-bond donors (Lipinski definition) is 1. The lowest BCUT2D eigenvalue weighted by Gasteiger charge is -2.18. The van der Waals surface area contributed by atoms with Crippen LogP contribution in [0.2, 0.25) is 0 Å². The Morgan fingerprint density at radius 3 is 3.29 bits per heavy atom. The molecule has 0 aromatic heterocycles. The molecule has 1 heterocycles. The quantitative estimate of drug-likeness (QED) is 0.413. The van der Waals surface area contributed by atoms with Crippen LogP contribution in [-0.2, 0) is 9.53 Å². The van der Waals surface area contributed by atoms with Gasteiger partial charge in [-0.15, -0.1) is 6.58 Å². The molecule has 1 aliphatic carbocycles. The van der Waals surface area contributed by atoms with E-state index in [4.69, 9.17) is 4.74 Å². The number of esters is 1. The number of methoxy groups -OCH3 is 1. The number of allylic oxidation sites excluding steroid dienone is 1. The molecule has 76 valence electrons. The first kappa shape index (κ1) is 9.46. The molecule has 1 N–H and O–H groups in total. The first-order chi connectivity index (χ1) is 6.76. The lowest BCUT2D eigenvalue weighted by molar-refractivity contribution is -0.136. The highest BCUT2D eigenvalue weighted by atomic mass is 16.5. The molecule has 14 heavy (non-hydrogen) atoms. The van der Waals surface area contributed by atoms with Crippen molar-refractivity contribution >= 4 is 5.97 Å². The number of carbonyl (C=O) groups excluding carboxylic acids is 1. The van der Waals surface area contributed by atoms with Crippen molar-refractivity contribution in [1.82, 2.24) is 5.32 Å². The minimum absolute atomic E-state index is 0.189. The molecule has 1 aliphatic heterocycles. The third-order valence-corrected chi connectivity index (χ3v) is 2.95. The Morgan fingerprint density at radius 1 is 1.86 bits per heavy atom. The zero-order chi connectivity index (χ0) is 10.1. The number of ether oxygens (including phenoxy) is 1. The molecule has 1 unspecified atom stereocenters. The average molecular weight is 193 g/mol. The molecule has 0 bridgehead atoms. The van der Waals surface area contributed by atoms with E-state index < -0.39 is 0 Å². The summed E-state index contributed by atoms with van der Waals surface area (Å²) in [5.74, 6) is 0.322. The van der Waals surface area contributed by atoms with Crippen molar-refractivity contribution in [2.75, 3.05) is 7.11 Å². The van der Waals surface area contributed by atoms with Gasteiger partial charge in [0.25, 0.3) is 0 Å². The lowest BCUT2D eigenvalue weighted by Crippen LogP contribution is -2.20. The summed E-state index contributed by atoms with van der Waals surface area (Å²) in [6, 6.07) is 0.948. The van der Waals surface area contributed by atoms with Crippen LogP contribution in [0.1, 0.15) is 12.8 Å². The van der Waals surface area contributed by atoms with E-state index >= 15 is 0 Å². The maximum atomic E-state index is 11.3. The third-order valence-electron chi connectivity index (χ3n) is 2.95. The number of rotatable bonds is 3. The van der Waals surface area contributed by atoms with Gasteiger partial charge in [0.1, 0.15) is 0 Å². The molecule has 3 atom stereocenters. The van der Waals surface area contributed by atoms with Crippen LogP contribution in [0, 0.1) is 5.92 Å². The molecule has 1 saturated heterocycles. The molecule has 2 rings (SSSR count). The summed E-state index contributed by atoms with van der Waals surface area (Å²) in [4.78, 5) is 11.3. The molecule has 0 saturated carbocycles. The van der Waals surface area contributed by atoms with E-state index in [2.05, 4.69) is 11.9 Å². The summed E-state index contributed by atoms with van der Waals surface area (Å²) in [6.07, 6.45) is 5.69. The fraction of sp³-hybridized carbons (Fsp3) is 0.545. The minimum Gasteiger partial charge on any atom is -0.466 e. The van der Waals surface area contributed by atoms with Crippen molar-refractivity contribution in [1.29, 1.82) is 0 Å². The van der Waals surface area contributed by atoms with Crippen LogP contribution >= 0.6 is 0 Å². The highest BCUT2D eigenvalue weighted by molar-refractivity contribution is 5.89. The molecule has 0 aromatic rings. The molecule has 0 amide bonds. The van der Waals surface area contributed by atoms with Crippen molar-refractivity contribution in [2.24, 2.45) is 5.92 Å². The van der Waals surface area contributed by atoms with Crippen molar-refractivity contribution in [3.05, 3.63) is 24.3 Å². The van der Waals surface area contributed by atoms with Crippen LogP contribution in [0.4, 0.5) is 0 Å². The van der Waals surface area contributed by atoms with E-state index in [1.807, 2.05) is 12.2 Å². The normalized spacial score (nSPS) is 34.1. The molecular weight excluding hydrogens is 178 g/mol. The Hall–Kier alpha value is -1.09. The predicted octanol–water partition coefficient (Wildman–Crippen LogP) is 1.02. The maximum Gasteiger partial charge on any atom is 0.333 e. The summed E-state index contributed by atoms with van der Waals surface area (Å²) < 4.78 is 4.72.